The maximum Gasteiger partial charge on any atom is 0.264 e. The number of anilines is 1. The predicted molar refractivity (Wildman–Crippen MR) is 178 cm³/mol. The molecule has 1 aromatic carbocycles. The Hall–Kier alpha value is -3.84. The smallest absolute Gasteiger partial charge is 0.264 e. The van der Waals surface area contributed by atoms with E-state index in [1.807, 2.05) is 56.3 Å². The standard InChI is InChI=1S/C31H43ClN8O3S/c1-5-10-23(32)27(16-18-35-6-2)44-30-22(12-9-17-36-30)20-37-25(14-15-28(34)41)29(42)38-26(19-33)31(43)40(4)39-24-13-8-7-11-21(24)3/h5-13,17,25-26,35,37,39H,2,14-16,18-20,33H2,1,3-4H3,(H2,34,41)(H,38,42)/b10-5-,27-23-/t25-,26-/m0/s1. The van der Waals surface area contributed by atoms with Crippen LogP contribution in [0.2, 0.25) is 0 Å². The minimum absolute atomic E-state index is 0.0299. The van der Waals surface area contributed by atoms with Gasteiger partial charge in [0.2, 0.25) is 11.8 Å². The van der Waals surface area contributed by atoms with Crippen molar-refractivity contribution in [1.29, 1.82) is 0 Å². The fraction of sp³-hybridized carbons (Fsp3) is 0.355. The van der Waals surface area contributed by atoms with Gasteiger partial charge in [0.25, 0.3) is 5.91 Å². The molecule has 0 radical (unpaired) electrons. The number of benzene rings is 1. The molecule has 1 heterocycles. The van der Waals surface area contributed by atoms with Gasteiger partial charge in [-0.15, -0.1) is 0 Å². The third-order valence-electron chi connectivity index (χ3n) is 6.44. The zero-order valence-electron chi connectivity index (χ0n) is 25.4. The van der Waals surface area contributed by atoms with Gasteiger partial charge in [0.1, 0.15) is 11.1 Å². The summed E-state index contributed by atoms with van der Waals surface area (Å²) in [4.78, 5) is 43.6. The van der Waals surface area contributed by atoms with Gasteiger partial charge < -0.3 is 27.4 Å². The maximum absolute atomic E-state index is 13.4. The second-order valence-electron chi connectivity index (χ2n) is 9.81. The van der Waals surface area contributed by atoms with Crippen molar-refractivity contribution in [1.82, 2.24) is 25.9 Å². The molecule has 2 atom stereocenters. The lowest BCUT2D eigenvalue weighted by Crippen LogP contribution is -2.56. The molecule has 0 aliphatic carbocycles. The number of allylic oxidation sites excluding steroid dienone is 3. The van der Waals surface area contributed by atoms with Crippen LogP contribution in [0.1, 0.15) is 37.3 Å². The first-order chi connectivity index (χ1) is 21.1. The van der Waals surface area contributed by atoms with Crippen molar-refractivity contribution in [3.63, 3.8) is 0 Å². The van der Waals surface area contributed by atoms with E-state index in [0.717, 1.165) is 21.7 Å². The molecule has 2 aromatic rings. The number of primary amides is 1. The number of amides is 3. The molecule has 0 aliphatic heterocycles. The summed E-state index contributed by atoms with van der Waals surface area (Å²) in [6.45, 7) is 8.26. The largest absolute Gasteiger partial charge is 0.391 e. The summed E-state index contributed by atoms with van der Waals surface area (Å²) in [7, 11) is 1.56. The van der Waals surface area contributed by atoms with Crippen LogP contribution < -0.4 is 32.8 Å². The quantitative estimate of drug-likeness (QED) is 0.0583. The Labute approximate surface area is 268 Å². The number of thioether (sulfide) groups is 1. The number of nitrogens with one attached hydrogen (secondary N) is 4. The van der Waals surface area contributed by atoms with Crippen LogP contribution in [0, 0.1) is 6.92 Å². The normalized spacial score (nSPS) is 13.0. The molecule has 3 amide bonds. The summed E-state index contributed by atoms with van der Waals surface area (Å²) in [6.07, 6.45) is 7.74. The maximum atomic E-state index is 13.4. The Balaban J connectivity index is 2.18. The molecule has 238 valence electrons. The van der Waals surface area contributed by atoms with E-state index in [9.17, 15) is 14.4 Å². The van der Waals surface area contributed by atoms with Crippen molar-refractivity contribution in [2.75, 3.05) is 25.6 Å². The summed E-state index contributed by atoms with van der Waals surface area (Å²) >= 11 is 8.00. The molecular formula is C31H43ClN8O3S. The number of para-hydroxylation sites is 1. The Morgan fingerprint density at radius 3 is 2.57 bits per heavy atom. The molecule has 1 aromatic heterocycles. The summed E-state index contributed by atoms with van der Waals surface area (Å²) in [5.74, 6) is -1.45. The summed E-state index contributed by atoms with van der Waals surface area (Å²) in [6, 6.07) is 9.36. The van der Waals surface area contributed by atoms with E-state index in [1.54, 1.807) is 25.5 Å². The lowest BCUT2D eigenvalue weighted by Gasteiger charge is -2.27. The Kier molecular flexibility index (Phi) is 16.1. The van der Waals surface area contributed by atoms with Crippen LogP contribution in [0.25, 0.3) is 0 Å². The first-order valence-electron chi connectivity index (χ1n) is 14.2. The average molecular weight is 643 g/mol. The van der Waals surface area contributed by atoms with Crippen molar-refractivity contribution < 1.29 is 14.4 Å². The van der Waals surface area contributed by atoms with Crippen molar-refractivity contribution in [2.24, 2.45) is 11.5 Å². The fourth-order valence-corrected chi connectivity index (χ4v) is 5.34. The molecule has 0 saturated carbocycles. The molecule has 8 N–H and O–H groups in total. The number of likely N-dealkylation sites (N-methyl/N-ethyl adjacent to an activating group) is 1. The monoisotopic (exact) mass is 642 g/mol. The second-order valence-corrected chi connectivity index (χ2v) is 11.3. The van der Waals surface area contributed by atoms with E-state index < -0.39 is 29.8 Å². The van der Waals surface area contributed by atoms with Gasteiger partial charge in [-0.3, -0.25) is 24.8 Å². The van der Waals surface area contributed by atoms with Gasteiger partial charge in [0.05, 0.1) is 16.8 Å². The fourth-order valence-electron chi connectivity index (χ4n) is 4.02. The molecule has 0 spiro atoms. The predicted octanol–water partition coefficient (Wildman–Crippen LogP) is 3.28. The van der Waals surface area contributed by atoms with E-state index in [1.165, 1.54) is 16.8 Å². The van der Waals surface area contributed by atoms with Crippen molar-refractivity contribution in [2.45, 2.75) is 56.8 Å². The summed E-state index contributed by atoms with van der Waals surface area (Å²) in [5, 5.41) is 11.6. The van der Waals surface area contributed by atoms with Crippen LogP contribution in [-0.4, -0.2) is 59.9 Å². The van der Waals surface area contributed by atoms with Gasteiger partial charge in [0, 0.05) is 44.2 Å². The molecule has 44 heavy (non-hydrogen) atoms. The number of halogens is 1. The van der Waals surface area contributed by atoms with Gasteiger partial charge in [-0.2, -0.15) is 0 Å². The third kappa shape index (κ3) is 12.0. The van der Waals surface area contributed by atoms with E-state index in [-0.39, 0.29) is 25.9 Å². The zero-order valence-corrected chi connectivity index (χ0v) is 27.0. The Morgan fingerprint density at radius 1 is 1.16 bits per heavy atom. The Morgan fingerprint density at radius 2 is 1.91 bits per heavy atom. The van der Waals surface area contributed by atoms with E-state index in [4.69, 9.17) is 23.1 Å². The van der Waals surface area contributed by atoms with Crippen molar-refractivity contribution in [3.05, 3.63) is 88.6 Å². The molecule has 2 rings (SSSR count). The molecule has 0 fully saturated rings. The minimum Gasteiger partial charge on any atom is -0.391 e. The van der Waals surface area contributed by atoms with Crippen LogP contribution in [0.15, 0.2) is 82.5 Å². The topological polar surface area (TPSA) is 168 Å². The molecule has 0 unspecified atom stereocenters. The molecule has 0 bridgehead atoms. The highest BCUT2D eigenvalue weighted by molar-refractivity contribution is 8.03. The number of pyridine rings is 1. The number of hydrazine groups is 1. The first-order valence-corrected chi connectivity index (χ1v) is 15.4. The Bertz CT molecular complexity index is 1340. The molecule has 11 nitrogen and oxygen atoms in total. The highest BCUT2D eigenvalue weighted by Gasteiger charge is 2.27. The lowest BCUT2D eigenvalue weighted by molar-refractivity contribution is -0.135. The third-order valence-corrected chi connectivity index (χ3v) is 8.14. The number of nitrogens with zero attached hydrogens (tertiary/aromatic N) is 2. The molecular weight excluding hydrogens is 600 g/mol. The first kappa shape index (κ1) is 36.4. The van der Waals surface area contributed by atoms with Crippen molar-refractivity contribution >= 4 is 46.8 Å². The number of hydrogen-bond acceptors (Lipinski definition) is 9. The van der Waals surface area contributed by atoms with Crippen LogP contribution in [0.4, 0.5) is 5.69 Å². The number of aryl methyl sites for hydroxylation is 1. The number of carbonyl (C=O) groups is 3. The van der Waals surface area contributed by atoms with E-state index in [0.29, 0.717) is 23.0 Å². The van der Waals surface area contributed by atoms with Gasteiger partial charge >= 0.3 is 0 Å². The van der Waals surface area contributed by atoms with Crippen LogP contribution in [0.3, 0.4) is 0 Å². The minimum atomic E-state index is -1.00. The highest BCUT2D eigenvalue weighted by atomic mass is 35.5. The number of carbonyl (C=O) groups excluding carboxylic acids is 3. The van der Waals surface area contributed by atoms with Gasteiger partial charge in [-0.1, -0.05) is 60.3 Å². The zero-order chi connectivity index (χ0) is 32.5. The number of aromatic nitrogens is 1. The average Bonchev–Trinajstić information content (AvgIpc) is 3.00. The molecule has 0 aliphatic rings. The van der Waals surface area contributed by atoms with Gasteiger partial charge in [0.15, 0.2) is 0 Å². The van der Waals surface area contributed by atoms with E-state index >= 15 is 0 Å². The van der Waals surface area contributed by atoms with E-state index in [2.05, 4.69) is 32.9 Å². The second kappa shape index (κ2) is 19.4. The highest BCUT2D eigenvalue weighted by Crippen LogP contribution is 2.34. The van der Waals surface area contributed by atoms with Crippen LogP contribution in [-0.2, 0) is 20.9 Å². The molecule has 0 saturated heterocycles. The number of nitrogens with two attached hydrogens (primary N) is 2. The summed E-state index contributed by atoms with van der Waals surface area (Å²) < 4.78 is 0. The van der Waals surface area contributed by atoms with Gasteiger partial charge in [-0.05, 0) is 62.2 Å². The van der Waals surface area contributed by atoms with Crippen LogP contribution >= 0.6 is 23.4 Å². The lowest BCUT2D eigenvalue weighted by atomic mass is 10.1. The SMILES string of the molecule is C=CNCC/C(Sc1ncccc1CN[C@@H](CCC(N)=O)C(=O)N[C@@H](CN)C(=O)N(C)Nc1ccccc1C)=C(Cl)\C=C/C. The van der Waals surface area contributed by atoms with Crippen LogP contribution in [0.5, 0.6) is 0 Å². The number of hydrogen-bond donors (Lipinski definition) is 6. The van der Waals surface area contributed by atoms with Crippen molar-refractivity contribution in [3.8, 4) is 0 Å². The number of rotatable bonds is 19. The van der Waals surface area contributed by atoms with Gasteiger partial charge in [-0.25, -0.2) is 4.98 Å². The summed E-state index contributed by atoms with van der Waals surface area (Å²) in [5.41, 5.74) is 16.8. The molecule has 13 heteroatoms.